The lowest BCUT2D eigenvalue weighted by Gasteiger charge is -2.36. The molecule has 2 bridgehead atoms. The van der Waals surface area contributed by atoms with Crippen LogP contribution in [-0.4, -0.2) is 84.5 Å². The van der Waals surface area contributed by atoms with E-state index in [4.69, 9.17) is 9.96 Å². The maximum Gasteiger partial charge on any atom is 0.418 e. The van der Waals surface area contributed by atoms with E-state index in [0.29, 0.717) is 29.8 Å². The van der Waals surface area contributed by atoms with Gasteiger partial charge in [-0.25, -0.2) is 4.79 Å². The number of nitrogens with zero attached hydrogens (tertiary/aromatic N) is 3. The topological polar surface area (TPSA) is 126 Å². The quantitative estimate of drug-likeness (QED) is 0.353. The van der Waals surface area contributed by atoms with E-state index in [2.05, 4.69) is 28.6 Å². The van der Waals surface area contributed by atoms with Crippen LogP contribution >= 0.6 is 0 Å². The molecule has 11 heteroatoms. The molecule has 0 aromatic carbocycles. The van der Waals surface area contributed by atoms with Crippen molar-refractivity contribution in [3.8, 4) is 0 Å². The van der Waals surface area contributed by atoms with Gasteiger partial charge in [0.15, 0.2) is 0 Å². The Morgan fingerprint density at radius 1 is 1.23 bits per heavy atom. The number of piperidine rings is 1. The summed E-state index contributed by atoms with van der Waals surface area (Å²) in [5, 5.41) is 12.4. The summed E-state index contributed by atoms with van der Waals surface area (Å²) in [5.74, 6) is 0.291. The van der Waals surface area contributed by atoms with Gasteiger partial charge in [-0.05, 0) is 52.6 Å². The second kappa shape index (κ2) is 7.29. The Hall–Kier alpha value is -1.43. The third-order valence-corrected chi connectivity index (χ3v) is 5.97. The fraction of sp³-hybridized carbons (Fsp3) is 0.867. The normalized spacial score (nSPS) is 32.2. The van der Waals surface area contributed by atoms with Gasteiger partial charge in [0.05, 0.1) is 12.1 Å². The first kappa shape index (κ1) is 19.3. The monoisotopic (exact) mass is 389 g/mol. The van der Waals surface area contributed by atoms with Gasteiger partial charge in [0.1, 0.15) is 5.84 Å². The maximum atomic E-state index is 12.4. The maximum absolute atomic E-state index is 12.4. The summed E-state index contributed by atoms with van der Waals surface area (Å²) in [6.07, 6.45) is 5.17. The van der Waals surface area contributed by atoms with Crippen LogP contribution in [0.5, 0.6) is 0 Å². The lowest BCUT2D eigenvalue weighted by atomic mass is 9.90. The lowest BCUT2D eigenvalue weighted by Crippen LogP contribution is -2.52. The Morgan fingerprint density at radius 2 is 1.88 bits per heavy atom. The van der Waals surface area contributed by atoms with Gasteiger partial charge in [-0.15, -0.1) is 4.28 Å². The summed E-state index contributed by atoms with van der Waals surface area (Å²) in [5.41, 5.74) is 0. The number of amides is 2. The summed E-state index contributed by atoms with van der Waals surface area (Å²) >= 11 is 0. The molecular weight excluding hydrogens is 362 g/mol. The summed E-state index contributed by atoms with van der Waals surface area (Å²) in [6, 6.07) is -0.675. The molecule has 1 aliphatic carbocycles. The minimum atomic E-state index is -4.75. The SMILES string of the molecule is CN(C)C1CCC(NC(=N)[C@@H]2CC[C@@H]3CN2C(=O)N3OS(=O)(=O)O)CC1. The highest BCUT2D eigenvalue weighted by molar-refractivity contribution is 7.80. The average molecular weight is 389 g/mol. The van der Waals surface area contributed by atoms with Crippen LogP contribution < -0.4 is 5.32 Å². The van der Waals surface area contributed by atoms with E-state index < -0.39 is 28.5 Å². The van der Waals surface area contributed by atoms with E-state index in [1.165, 1.54) is 4.90 Å². The Bertz CT molecular complexity index is 661. The van der Waals surface area contributed by atoms with Crippen LogP contribution in [0.1, 0.15) is 38.5 Å². The second-order valence-corrected chi connectivity index (χ2v) is 8.54. The molecule has 3 aliphatic rings. The summed E-state index contributed by atoms with van der Waals surface area (Å²) in [7, 11) is -0.583. The first-order valence-corrected chi connectivity index (χ1v) is 10.3. The van der Waals surface area contributed by atoms with Gasteiger partial charge < -0.3 is 15.1 Å². The zero-order valence-electron chi connectivity index (χ0n) is 15.1. The predicted octanol–water partition coefficient (Wildman–Crippen LogP) is 0.429. The molecule has 2 heterocycles. The van der Waals surface area contributed by atoms with Gasteiger partial charge in [-0.3, -0.25) is 9.96 Å². The zero-order valence-corrected chi connectivity index (χ0v) is 15.9. The largest absolute Gasteiger partial charge is 0.418 e. The van der Waals surface area contributed by atoms with Crippen molar-refractivity contribution in [1.29, 1.82) is 5.41 Å². The van der Waals surface area contributed by atoms with Crippen LogP contribution in [0.2, 0.25) is 0 Å². The molecule has 2 saturated heterocycles. The van der Waals surface area contributed by atoms with E-state index in [1.807, 2.05) is 0 Å². The van der Waals surface area contributed by atoms with Crippen molar-refractivity contribution in [2.45, 2.75) is 62.7 Å². The first-order valence-electron chi connectivity index (χ1n) is 8.94. The predicted molar refractivity (Wildman–Crippen MR) is 94.0 cm³/mol. The van der Waals surface area contributed by atoms with Crippen LogP contribution in [0, 0.1) is 5.41 Å². The highest BCUT2D eigenvalue weighted by atomic mass is 32.3. The number of rotatable bonds is 5. The molecule has 2 atom stereocenters. The molecule has 0 aromatic rings. The van der Waals surface area contributed by atoms with Gasteiger partial charge in [-0.2, -0.15) is 13.5 Å². The van der Waals surface area contributed by atoms with E-state index in [0.717, 1.165) is 25.7 Å². The summed E-state index contributed by atoms with van der Waals surface area (Å²) in [6.45, 7) is 0.288. The standard InChI is InChI=1S/C15H27N5O5S/c1-18(2)11-5-3-10(4-6-11)17-14(16)13-8-7-12-9-19(13)15(21)20(12)25-26(22,23)24/h10-13H,3-9H2,1-2H3,(H2,16,17)(H,22,23,24)/t10?,11?,12-,13+/m1/s1. The molecule has 0 unspecified atom stereocenters. The number of nitrogens with one attached hydrogen (secondary N) is 2. The van der Waals surface area contributed by atoms with Crippen LogP contribution in [-0.2, 0) is 14.7 Å². The Balaban J connectivity index is 1.57. The fourth-order valence-electron chi connectivity index (χ4n) is 4.18. The van der Waals surface area contributed by atoms with E-state index >= 15 is 0 Å². The smallest absolute Gasteiger partial charge is 0.370 e. The molecule has 3 rings (SSSR count). The molecule has 26 heavy (non-hydrogen) atoms. The number of fused-ring (bicyclic) bond motifs is 2. The Labute approximate surface area is 153 Å². The minimum absolute atomic E-state index is 0.222. The van der Waals surface area contributed by atoms with Crippen LogP contribution in [0.15, 0.2) is 0 Å². The van der Waals surface area contributed by atoms with Crippen molar-refractivity contribution >= 4 is 22.3 Å². The molecule has 0 spiro atoms. The van der Waals surface area contributed by atoms with Gasteiger partial charge in [-0.1, -0.05) is 0 Å². The van der Waals surface area contributed by atoms with Gasteiger partial charge in [0.25, 0.3) is 0 Å². The molecule has 3 fully saturated rings. The average Bonchev–Trinajstić information content (AvgIpc) is 2.79. The van der Waals surface area contributed by atoms with Crippen molar-refractivity contribution in [2.75, 3.05) is 20.6 Å². The number of hydrogen-bond donors (Lipinski definition) is 3. The molecule has 148 valence electrons. The van der Waals surface area contributed by atoms with Gasteiger partial charge >= 0.3 is 16.4 Å². The third-order valence-electron chi connectivity index (χ3n) is 5.62. The number of hydroxylamine groups is 2. The second-order valence-electron chi connectivity index (χ2n) is 7.54. The number of urea groups is 1. The minimum Gasteiger partial charge on any atom is -0.370 e. The molecule has 2 aliphatic heterocycles. The summed E-state index contributed by atoms with van der Waals surface area (Å²) in [4.78, 5) is 16.1. The lowest BCUT2D eigenvalue weighted by molar-refractivity contribution is -0.0316. The van der Waals surface area contributed by atoms with E-state index in [1.54, 1.807) is 0 Å². The van der Waals surface area contributed by atoms with E-state index in [9.17, 15) is 13.2 Å². The molecule has 0 radical (unpaired) electrons. The van der Waals surface area contributed by atoms with Crippen LogP contribution in [0.3, 0.4) is 0 Å². The Morgan fingerprint density at radius 3 is 2.46 bits per heavy atom. The molecular formula is C15H27N5O5S. The number of carbonyl (C=O) groups is 1. The van der Waals surface area contributed by atoms with Crippen LogP contribution in [0.4, 0.5) is 4.79 Å². The van der Waals surface area contributed by atoms with Gasteiger partial charge in [0.2, 0.25) is 0 Å². The fourth-order valence-corrected chi connectivity index (χ4v) is 4.57. The van der Waals surface area contributed by atoms with Crippen molar-refractivity contribution in [2.24, 2.45) is 0 Å². The highest BCUT2D eigenvalue weighted by Crippen LogP contribution is 2.31. The van der Waals surface area contributed by atoms with Crippen molar-refractivity contribution in [3.05, 3.63) is 0 Å². The van der Waals surface area contributed by atoms with Crippen molar-refractivity contribution in [3.63, 3.8) is 0 Å². The third kappa shape index (κ3) is 4.11. The van der Waals surface area contributed by atoms with Crippen LogP contribution in [0.25, 0.3) is 0 Å². The number of hydrogen-bond acceptors (Lipinski definition) is 6. The zero-order chi connectivity index (χ0) is 19.1. The molecule has 10 nitrogen and oxygen atoms in total. The molecule has 1 saturated carbocycles. The molecule has 3 N–H and O–H groups in total. The van der Waals surface area contributed by atoms with Crippen molar-refractivity contribution in [1.82, 2.24) is 20.2 Å². The molecule has 0 aromatic heterocycles. The molecule has 2 amide bonds. The summed E-state index contributed by atoms with van der Waals surface area (Å²) < 4.78 is 35.1. The van der Waals surface area contributed by atoms with Crippen molar-refractivity contribution < 1.29 is 22.0 Å². The van der Waals surface area contributed by atoms with Gasteiger partial charge in [0, 0.05) is 18.6 Å². The number of carbonyl (C=O) groups excluding carboxylic acids is 1. The first-order chi connectivity index (χ1) is 12.2. The number of amidine groups is 1. The Kier molecular flexibility index (Phi) is 5.42. The van der Waals surface area contributed by atoms with E-state index in [-0.39, 0.29) is 12.6 Å². The highest BCUT2D eigenvalue weighted by Gasteiger charge is 2.48.